The molecule has 0 amide bonds. The van der Waals surface area contributed by atoms with Crippen LogP contribution in [0.25, 0.3) is 0 Å². The molecule has 0 aliphatic rings. The molecule has 0 spiro atoms. The summed E-state index contributed by atoms with van der Waals surface area (Å²) in [5.74, 6) is 0. The van der Waals surface area contributed by atoms with Gasteiger partial charge in [-0.3, -0.25) is 0 Å². The predicted molar refractivity (Wildman–Crippen MR) is 52.3 cm³/mol. The minimum atomic E-state index is -0.188. The van der Waals surface area contributed by atoms with Crippen LogP contribution in [0, 0.1) is 0 Å². The molecule has 0 saturated heterocycles. The number of rotatable bonds is 6. The summed E-state index contributed by atoms with van der Waals surface area (Å²) in [6, 6.07) is 0.555. The Hall–Kier alpha value is -0.120. The van der Waals surface area contributed by atoms with E-state index in [2.05, 4.69) is 31.2 Å². The van der Waals surface area contributed by atoms with Crippen LogP contribution in [0.15, 0.2) is 0 Å². The van der Waals surface area contributed by atoms with Crippen molar-refractivity contribution in [3.05, 3.63) is 0 Å². The van der Waals surface area contributed by atoms with Crippen molar-refractivity contribution in [1.82, 2.24) is 10.2 Å². The first-order valence-electron chi connectivity index (χ1n) is 4.59. The van der Waals surface area contributed by atoms with Crippen molar-refractivity contribution >= 4 is 0 Å². The molecule has 0 aromatic carbocycles. The Morgan fingerprint density at radius 2 is 1.92 bits per heavy atom. The minimum Gasteiger partial charge on any atom is -0.393 e. The first-order valence-corrected chi connectivity index (χ1v) is 4.59. The Morgan fingerprint density at radius 1 is 1.33 bits per heavy atom. The van der Waals surface area contributed by atoms with E-state index in [4.69, 9.17) is 5.11 Å². The maximum atomic E-state index is 8.98. The van der Waals surface area contributed by atoms with Crippen molar-refractivity contribution in [2.45, 2.75) is 32.4 Å². The number of likely N-dealkylation sites (N-methyl/N-ethyl adjacent to an activating group) is 1. The third-order valence-electron chi connectivity index (χ3n) is 2.06. The number of nitrogens with one attached hydrogen (secondary N) is 1. The van der Waals surface area contributed by atoms with Crippen molar-refractivity contribution in [3.63, 3.8) is 0 Å². The molecule has 0 radical (unpaired) electrons. The van der Waals surface area contributed by atoms with Gasteiger partial charge in [-0.2, -0.15) is 0 Å². The van der Waals surface area contributed by atoms with Gasteiger partial charge in [-0.05, 0) is 40.9 Å². The number of nitrogens with zero attached hydrogens (tertiary/aromatic N) is 1. The van der Waals surface area contributed by atoms with Crippen molar-refractivity contribution in [1.29, 1.82) is 0 Å². The van der Waals surface area contributed by atoms with E-state index >= 15 is 0 Å². The highest BCUT2D eigenvalue weighted by atomic mass is 16.3. The molecule has 12 heavy (non-hydrogen) atoms. The molecule has 0 heterocycles. The predicted octanol–water partition coefficient (Wildman–Crippen LogP) is 0.297. The van der Waals surface area contributed by atoms with Gasteiger partial charge in [0.15, 0.2) is 0 Å². The number of hydrogen-bond donors (Lipinski definition) is 2. The zero-order chi connectivity index (χ0) is 9.56. The van der Waals surface area contributed by atoms with E-state index in [0.717, 1.165) is 19.5 Å². The summed E-state index contributed by atoms with van der Waals surface area (Å²) in [6.45, 7) is 5.88. The molecule has 2 unspecified atom stereocenters. The topological polar surface area (TPSA) is 35.5 Å². The molecule has 0 saturated carbocycles. The highest BCUT2D eigenvalue weighted by Crippen LogP contribution is 1.90. The lowest BCUT2D eigenvalue weighted by Gasteiger charge is -2.20. The van der Waals surface area contributed by atoms with Crippen LogP contribution in [0.4, 0.5) is 0 Å². The van der Waals surface area contributed by atoms with E-state index in [1.807, 2.05) is 6.92 Å². The average Bonchev–Trinajstić information content (AvgIpc) is 1.97. The molecule has 3 nitrogen and oxygen atoms in total. The summed E-state index contributed by atoms with van der Waals surface area (Å²) < 4.78 is 0. The van der Waals surface area contributed by atoms with Gasteiger partial charge in [-0.25, -0.2) is 0 Å². The Bertz CT molecular complexity index is 105. The van der Waals surface area contributed by atoms with Gasteiger partial charge < -0.3 is 15.3 Å². The highest BCUT2D eigenvalue weighted by molar-refractivity contribution is 4.63. The van der Waals surface area contributed by atoms with Crippen molar-refractivity contribution in [3.8, 4) is 0 Å². The molecular formula is C9H22N2O. The third-order valence-corrected chi connectivity index (χ3v) is 2.06. The lowest BCUT2D eigenvalue weighted by atomic mass is 10.2. The zero-order valence-electron chi connectivity index (χ0n) is 8.67. The van der Waals surface area contributed by atoms with E-state index in [0.29, 0.717) is 6.04 Å². The molecule has 2 atom stereocenters. The second-order valence-corrected chi connectivity index (χ2v) is 3.65. The smallest absolute Gasteiger partial charge is 0.0524 e. The molecule has 0 bridgehead atoms. The fourth-order valence-electron chi connectivity index (χ4n) is 0.804. The molecule has 0 aliphatic carbocycles. The van der Waals surface area contributed by atoms with Gasteiger partial charge in [0, 0.05) is 12.6 Å². The van der Waals surface area contributed by atoms with E-state index in [-0.39, 0.29) is 6.10 Å². The lowest BCUT2D eigenvalue weighted by Crippen LogP contribution is -2.36. The van der Waals surface area contributed by atoms with E-state index in [1.54, 1.807) is 0 Å². The standard InChI is InChI=1S/C9H22N2O/c1-8(11(3)4)7-10-6-5-9(2)12/h8-10,12H,5-7H2,1-4H3. The minimum absolute atomic E-state index is 0.188. The van der Waals surface area contributed by atoms with Crippen LogP contribution >= 0.6 is 0 Å². The second-order valence-electron chi connectivity index (χ2n) is 3.65. The van der Waals surface area contributed by atoms with Crippen LogP contribution in [0.5, 0.6) is 0 Å². The Balaban J connectivity index is 3.20. The maximum Gasteiger partial charge on any atom is 0.0524 e. The van der Waals surface area contributed by atoms with E-state index in [1.165, 1.54) is 0 Å². The number of aliphatic hydroxyl groups is 1. The van der Waals surface area contributed by atoms with Crippen LogP contribution in [-0.2, 0) is 0 Å². The first kappa shape index (κ1) is 11.9. The van der Waals surface area contributed by atoms with Gasteiger partial charge in [0.05, 0.1) is 6.10 Å². The molecule has 2 N–H and O–H groups in total. The molecule has 0 aromatic heterocycles. The summed E-state index contributed by atoms with van der Waals surface area (Å²) in [4.78, 5) is 2.18. The normalized spacial score (nSPS) is 16.5. The average molecular weight is 174 g/mol. The van der Waals surface area contributed by atoms with Gasteiger partial charge in [-0.1, -0.05) is 0 Å². The van der Waals surface area contributed by atoms with E-state index in [9.17, 15) is 0 Å². The molecular weight excluding hydrogens is 152 g/mol. The molecule has 74 valence electrons. The van der Waals surface area contributed by atoms with Gasteiger partial charge >= 0.3 is 0 Å². The van der Waals surface area contributed by atoms with Crippen LogP contribution < -0.4 is 5.32 Å². The largest absolute Gasteiger partial charge is 0.393 e. The molecule has 3 heteroatoms. The van der Waals surface area contributed by atoms with Crippen LogP contribution in [0.2, 0.25) is 0 Å². The van der Waals surface area contributed by atoms with Crippen molar-refractivity contribution < 1.29 is 5.11 Å². The SMILES string of the molecule is CC(O)CCNCC(C)N(C)C. The summed E-state index contributed by atoms with van der Waals surface area (Å²) in [5, 5.41) is 12.3. The lowest BCUT2D eigenvalue weighted by molar-refractivity contribution is 0.182. The van der Waals surface area contributed by atoms with Crippen molar-refractivity contribution in [2.24, 2.45) is 0 Å². The maximum absolute atomic E-state index is 8.98. The van der Waals surface area contributed by atoms with Crippen LogP contribution in [-0.4, -0.2) is 49.3 Å². The Morgan fingerprint density at radius 3 is 2.33 bits per heavy atom. The molecule has 0 aromatic rings. The molecule has 0 fully saturated rings. The summed E-state index contributed by atoms with van der Waals surface area (Å²) >= 11 is 0. The fourth-order valence-corrected chi connectivity index (χ4v) is 0.804. The Labute approximate surface area is 75.8 Å². The summed E-state index contributed by atoms with van der Waals surface area (Å²) in [7, 11) is 4.14. The van der Waals surface area contributed by atoms with Crippen LogP contribution in [0.1, 0.15) is 20.3 Å². The zero-order valence-corrected chi connectivity index (χ0v) is 8.67. The molecule has 0 rings (SSSR count). The third kappa shape index (κ3) is 6.58. The fraction of sp³-hybridized carbons (Fsp3) is 1.00. The first-order chi connectivity index (χ1) is 5.54. The second kappa shape index (κ2) is 6.40. The van der Waals surface area contributed by atoms with Gasteiger partial charge in [0.1, 0.15) is 0 Å². The highest BCUT2D eigenvalue weighted by Gasteiger charge is 2.02. The summed E-state index contributed by atoms with van der Waals surface area (Å²) in [5.41, 5.74) is 0. The van der Waals surface area contributed by atoms with E-state index < -0.39 is 0 Å². The quantitative estimate of drug-likeness (QED) is 0.568. The monoisotopic (exact) mass is 174 g/mol. The van der Waals surface area contributed by atoms with Crippen molar-refractivity contribution in [2.75, 3.05) is 27.2 Å². The van der Waals surface area contributed by atoms with Gasteiger partial charge in [0.2, 0.25) is 0 Å². The Kier molecular flexibility index (Phi) is 6.34. The van der Waals surface area contributed by atoms with Gasteiger partial charge in [0.25, 0.3) is 0 Å². The summed E-state index contributed by atoms with van der Waals surface area (Å²) in [6.07, 6.45) is 0.646. The van der Waals surface area contributed by atoms with Crippen LogP contribution in [0.3, 0.4) is 0 Å². The number of aliphatic hydroxyl groups excluding tert-OH is 1. The number of hydrogen-bond acceptors (Lipinski definition) is 3. The van der Waals surface area contributed by atoms with Gasteiger partial charge in [-0.15, -0.1) is 0 Å². The molecule has 0 aliphatic heterocycles.